The third-order valence-corrected chi connectivity index (χ3v) is 5.05. The van der Waals surface area contributed by atoms with Gasteiger partial charge < -0.3 is 5.11 Å². The summed E-state index contributed by atoms with van der Waals surface area (Å²) < 4.78 is 0.963. The highest BCUT2D eigenvalue weighted by molar-refractivity contribution is 14.1. The van der Waals surface area contributed by atoms with Gasteiger partial charge in [0, 0.05) is 9.99 Å². The van der Waals surface area contributed by atoms with Gasteiger partial charge in [-0.1, -0.05) is 46.9 Å². The number of rotatable bonds is 3. The third-order valence-electron chi connectivity index (χ3n) is 2.74. The number of aliphatic hydroxyl groups is 1. The molecule has 0 bridgehead atoms. The van der Waals surface area contributed by atoms with E-state index >= 15 is 0 Å². The molecule has 100 valence electrons. The molecule has 1 nitrogen and oxygen atoms in total. The summed E-state index contributed by atoms with van der Waals surface area (Å²) in [5.74, 6) is 0. The first-order valence-electron chi connectivity index (χ1n) is 5.54. The molecule has 0 aliphatic heterocycles. The van der Waals surface area contributed by atoms with Crippen LogP contribution < -0.4 is 0 Å². The molecule has 19 heavy (non-hydrogen) atoms. The van der Waals surface area contributed by atoms with Crippen LogP contribution in [0.15, 0.2) is 36.4 Å². The van der Waals surface area contributed by atoms with E-state index in [4.69, 9.17) is 34.8 Å². The molecule has 0 fully saturated rings. The van der Waals surface area contributed by atoms with E-state index in [1.807, 2.05) is 18.2 Å². The van der Waals surface area contributed by atoms with Crippen LogP contribution in [0.5, 0.6) is 0 Å². The molecule has 0 saturated carbocycles. The van der Waals surface area contributed by atoms with Crippen LogP contribution in [-0.4, -0.2) is 5.11 Å². The van der Waals surface area contributed by atoms with Crippen molar-refractivity contribution in [2.24, 2.45) is 0 Å². The van der Waals surface area contributed by atoms with Crippen LogP contribution in [0.3, 0.4) is 0 Å². The predicted octanol–water partition coefficient (Wildman–Crippen LogP) is 5.53. The van der Waals surface area contributed by atoms with E-state index in [2.05, 4.69) is 22.6 Å². The maximum atomic E-state index is 10.2. The highest BCUT2D eigenvalue weighted by Crippen LogP contribution is 2.28. The quantitative estimate of drug-likeness (QED) is 0.639. The molecule has 0 amide bonds. The van der Waals surface area contributed by atoms with Crippen LogP contribution in [-0.2, 0) is 6.42 Å². The minimum Gasteiger partial charge on any atom is -0.388 e. The van der Waals surface area contributed by atoms with Gasteiger partial charge in [0.15, 0.2) is 0 Å². The topological polar surface area (TPSA) is 20.2 Å². The standard InChI is InChI=1S/C14H10Cl3IO/c15-10-3-1-8(5-11(10)16)6-14(19)9-2-4-13(18)12(17)7-9/h1-5,7,14,19H,6H2. The van der Waals surface area contributed by atoms with Crippen molar-refractivity contribution < 1.29 is 5.11 Å². The molecule has 2 aromatic rings. The van der Waals surface area contributed by atoms with Crippen molar-refractivity contribution in [1.82, 2.24) is 0 Å². The normalized spacial score (nSPS) is 12.5. The van der Waals surface area contributed by atoms with Gasteiger partial charge in [0.05, 0.1) is 21.2 Å². The maximum Gasteiger partial charge on any atom is 0.0830 e. The zero-order valence-electron chi connectivity index (χ0n) is 9.71. The van der Waals surface area contributed by atoms with Gasteiger partial charge in [-0.25, -0.2) is 0 Å². The van der Waals surface area contributed by atoms with Crippen molar-refractivity contribution in [3.8, 4) is 0 Å². The van der Waals surface area contributed by atoms with Gasteiger partial charge >= 0.3 is 0 Å². The Hall–Kier alpha value is -0.000000000000000167. The first-order chi connectivity index (χ1) is 8.97. The molecule has 0 saturated heterocycles. The van der Waals surface area contributed by atoms with Crippen LogP contribution in [0.25, 0.3) is 0 Å². The fourth-order valence-corrected chi connectivity index (χ4v) is 2.57. The molecule has 0 aliphatic carbocycles. The van der Waals surface area contributed by atoms with E-state index in [0.717, 1.165) is 14.7 Å². The number of halogens is 4. The smallest absolute Gasteiger partial charge is 0.0830 e. The molecule has 2 aromatic carbocycles. The van der Waals surface area contributed by atoms with E-state index in [9.17, 15) is 5.11 Å². The summed E-state index contributed by atoms with van der Waals surface area (Å²) in [5, 5.41) is 11.9. The largest absolute Gasteiger partial charge is 0.388 e. The lowest BCUT2D eigenvalue weighted by Gasteiger charge is -2.12. The monoisotopic (exact) mass is 426 g/mol. The zero-order chi connectivity index (χ0) is 14.0. The van der Waals surface area contributed by atoms with Gasteiger partial charge in [-0.3, -0.25) is 0 Å². The Morgan fingerprint density at radius 3 is 2.32 bits per heavy atom. The Labute approximate surface area is 140 Å². The second-order valence-electron chi connectivity index (χ2n) is 4.14. The van der Waals surface area contributed by atoms with Crippen molar-refractivity contribution in [1.29, 1.82) is 0 Å². The second-order valence-corrected chi connectivity index (χ2v) is 6.53. The van der Waals surface area contributed by atoms with Crippen LogP contribution in [0.1, 0.15) is 17.2 Å². The van der Waals surface area contributed by atoms with E-state index in [0.29, 0.717) is 21.5 Å². The van der Waals surface area contributed by atoms with Crippen LogP contribution in [0.4, 0.5) is 0 Å². The van der Waals surface area contributed by atoms with Crippen molar-refractivity contribution >= 4 is 57.4 Å². The Morgan fingerprint density at radius 1 is 0.947 bits per heavy atom. The summed E-state index contributed by atoms with van der Waals surface area (Å²) in [6, 6.07) is 10.9. The summed E-state index contributed by atoms with van der Waals surface area (Å²) in [4.78, 5) is 0. The first-order valence-corrected chi connectivity index (χ1v) is 7.75. The van der Waals surface area contributed by atoms with Crippen LogP contribution >= 0.6 is 57.4 Å². The van der Waals surface area contributed by atoms with E-state index in [-0.39, 0.29) is 0 Å². The summed E-state index contributed by atoms with van der Waals surface area (Å²) in [5.41, 5.74) is 1.72. The molecule has 2 rings (SSSR count). The van der Waals surface area contributed by atoms with E-state index < -0.39 is 6.10 Å². The van der Waals surface area contributed by atoms with Crippen LogP contribution in [0.2, 0.25) is 15.1 Å². The summed E-state index contributed by atoms with van der Waals surface area (Å²) in [6.07, 6.45) is -0.153. The van der Waals surface area contributed by atoms with Crippen molar-refractivity contribution in [2.75, 3.05) is 0 Å². The van der Waals surface area contributed by atoms with Crippen molar-refractivity contribution in [3.63, 3.8) is 0 Å². The molecule has 0 heterocycles. The van der Waals surface area contributed by atoms with Gasteiger partial charge in [-0.2, -0.15) is 0 Å². The van der Waals surface area contributed by atoms with Gasteiger partial charge in [0.2, 0.25) is 0 Å². The summed E-state index contributed by atoms with van der Waals surface area (Å²) in [7, 11) is 0. The molecule has 0 aromatic heterocycles. The minimum atomic E-state index is -0.619. The first kappa shape index (κ1) is 15.4. The molecule has 1 unspecified atom stereocenters. The molecule has 0 spiro atoms. The molecule has 0 aliphatic rings. The molecular formula is C14H10Cl3IO. The number of hydrogen-bond acceptors (Lipinski definition) is 1. The second kappa shape index (κ2) is 6.64. The fourth-order valence-electron chi connectivity index (χ4n) is 1.73. The highest BCUT2D eigenvalue weighted by atomic mass is 127. The molecule has 5 heteroatoms. The average molecular weight is 427 g/mol. The lowest BCUT2D eigenvalue weighted by molar-refractivity contribution is 0.178. The van der Waals surface area contributed by atoms with Gasteiger partial charge in [0.25, 0.3) is 0 Å². The maximum absolute atomic E-state index is 10.2. The van der Waals surface area contributed by atoms with Gasteiger partial charge in [-0.05, 0) is 58.0 Å². The fraction of sp³-hybridized carbons (Fsp3) is 0.143. The Balaban J connectivity index is 2.17. The van der Waals surface area contributed by atoms with Crippen molar-refractivity contribution in [3.05, 3.63) is 66.2 Å². The van der Waals surface area contributed by atoms with E-state index in [1.165, 1.54) is 0 Å². The Bertz CT molecular complexity index is 601. The number of aliphatic hydroxyl groups excluding tert-OH is 1. The summed E-state index contributed by atoms with van der Waals surface area (Å²) >= 11 is 20.0. The predicted molar refractivity (Wildman–Crippen MR) is 89.3 cm³/mol. The highest BCUT2D eigenvalue weighted by Gasteiger charge is 2.11. The zero-order valence-corrected chi connectivity index (χ0v) is 14.1. The molecule has 1 atom stereocenters. The Kier molecular flexibility index (Phi) is 5.37. The SMILES string of the molecule is OC(Cc1ccc(Cl)c(Cl)c1)c1ccc(I)c(Cl)c1. The number of hydrogen-bond donors (Lipinski definition) is 1. The minimum absolute atomic E-state index is 0.466. The third kappa shape index (κ3) is 3.99. The molecular weight excluding hydrogens is 417 g/mol. The Morgan fingerprint density at radius 2 is 1.68 bits per heavy atom. The number of benzene rings is 2. The molecule has 1 N–H and O–H groups in total. The summed E-state index contributed by atoms with van der Waals surface area (Å²) in [6.45, 7) is 0. The van der Waals surface area contributed by atoms with Gasteiger partial charge in [0.1, 0.15) is 0 Å². The van der Waals surface area contributed by atoms with Crippen molar-refractivity contribution in [2.45, 2.75) is 12.5 Å². The lowest BCUT2D eigenvalue weighted by atomic mass is 10.0. The van der Waals surface area contributed by atoms with Gasteiger partial charge in [-0.15, -0.1) is 0 Å². The lowest BCUT2D eigenvalue weighted by Crippen LogP contribution is -2.02. The average Bonchev–Trinajstić information content (AvgIpc) is 2.37. The van der Waals surface area contributed by atoms with Crippen LogP contribution in [0, 0.1) is 3.57 Å². The molecule has 0 radical (unpaired) electrons. The van der Waals surface area contributed by atoms with E-state index in [1.54, 1.807) is 18.2 Å².